The van der Waals surface area contributed by atoms with Crippen molar-refractivity contribution in [2.45, 2.75) is 94.8 Å². The van der Waals surface area contributed by atoms with Crippen LogP contribution in [0.1, 0.15) is 100 Å². The van der Waals surface area contributed by atoms with Gasteiger partial charge in [-0.1, -0.05) is 44.2 Å². The molecule has 17 heteroatoms. The van der Waals surface area contributed by atoms with E-state index in [-0.39, 0.29) is 35.7 Å². The molecule has 358 valence electrons. The van der Waals surface area contributed by atoms with Gasteiger partial charge in [-0.3, -0.25) is 9.59 Å². The number of imidazole rings is 2. The van der Waals surface area contributed by atoms with Crippen LogP contribution >= 0.6 is 0 Å². The highest BCUT2D eigenvalue weighted by molar-refractivity contribution is 5.93. The number of alkyl carbamates (subject to hydrolysis) is 2. The second-order valence-electron chi connectivity index (χ2n) is 19.2. The Bertz CT molecular complexity index is 2700. The number of methoxy groups -OCH3 is 2. The summed E-state index contributed by atoms with van der Waals surface area (Å²) in [6, 6.07) is 14.9. The number of likely N-dealkylation sites (tertiary alicyclic amines) is 2. The van der Waals surface area contributed by atoms with Crippen LogP contribution in [0.15, 0.2) is 60.9 Å². The smallest absolute Gasteiger partial charge is 0.407 e. The van der Waals surface area contributed by atoms with E-state index in [0.717, 1.165) is 87.4 Å². The number of benzene rings is 3. The van der Waals surface area contributed by atoms with Crippen LogP contribution in [0, 0.1) is 11.8 Å². The third kappa shape index (κ3) is 8.54. The molecule has 0 bridgehead atoms. The van der Waals surface area contributed by atoms with Crippen LogP contribution in [0.3, 0.4) is 0 Å². The first-order valence-electron chi connectivity index (χ1n) is 24.0. The standard InChI is InChI=1S/C51H60N8O9/c1-51(2)35-13-10-33(37-28-53-46(55-37)39-8-6-20-59(39)48(61)44(57-50(63)65-4)30-17-23-67-24-18-30)26-41(35)68-40-14-11-31-25-32(9-12-34(31)42(40)51)36-27-52-45(54-36)38-7-5-19-58(38)47(60)43(56-49(62)64-3)29-15-21-66-22-16-29/h9-14,25-30,38-39,43-44H,5-8,15-24H2,1-4H3,(H,52,54)(H,53,55)(H,56,62)(H,57,63)/t38-,39-,43?,44?/m0/s1. The zero-order valence-electron chi connectivity index (χ0n) is 39.1. The molecule has 4 N–H and O–H groups in total. The van der Waals surface area contributed by atoms with Gasteiger partial charge >= 0.3 is 12.2 Å². The van der Waals surface area contributed by atoms with E-state index in [0.29, 0.717) is 71.0 Å². The molecule has 2 unspecified atom stereocenters. The van der Waals surface area contributed by atoms with Crippen LogP contribution in [0.2, 0.25) is 0 Å². The number of H-pyrrole nitrogens is 2. The molecule has 7 heterocycles. The Labute approximate surface area is 395 Å². The number of aromatic amines is 2. The first kappa shape index (κ1) is 45.3. The van der Waals surface area contributed by atoms with Crippen molar-refractivity contribution < 1.29 is 42.9 Å². The van der Waals surface area contributed by atoms with Gasteiger partial charge in [0.05, 0.1) is 50.1 Å². The maximum absolute atomic E-state index is 14.1. The molecule has 4 atom stereocenters. The molecule has 4 fully saturated rings. The van der Waals surface area contributed by atoms with Gasteiger partial charge in [0.15, 0.2) is 0 Å². The number of carbonyl (C=O) groups excluding carboxylic acids is 4. The fourth-order valence-electron chi connectivity index (χ4n) is 11.3. The van der Waals surface area contributed by atoms with Gasteiger partial charge in [0, 0.05) is 67.2 Å². The monoisotopic (exact) mass is 928 g/mol. The first-order chi connectivity index (χ1) is 33.0. The molecule has 5 aliphatic rings. The number of nitrogens with one attached hydrogen (secondary N) is 4. The molecule has 68 heavy (non-hydrogen) atoms. The van der Waals surface area contributed by atoms with Gasteiger partial charge in [0.1, 0.15) is 35.2 Å². The topological polar surface area (TPSA) is 202 Å². The van der Waals surface area contributed by atoms with Crippen LogP contribution in [0.5, 0.6) is 11.5 Å². The number of rotatable bonds is 10. The maximum atomic E-state index is 14.1. The lowest BCUT2D eigenvalue weighted by atomic mass is 9.73. The summed E-state index contributed by atoms with van der Waals surface area (Å²) >= 11 is 0. The SMILES string of the molecule is COC(=O)NC(C(=O)N1CCC[C@H]1c1ncc(-c2ccc3c(c2)Oc2ccc4cc(-c5cnc([C@@H]6CCCN6C(=O)C(NC(=O)OC)C6CCOCC6)[nH]5)ccc4c2C3(C)C)[nH]1)C1CCOCC1. The molecule has 17 nitrogen and oxygen atoms in total. The minimum absolute atomic E-state index is 0.0410. The summed E-state index contributed by atoms with van der Waals surface area (Å²) < 4.78 is 27.6. The highest BCUT2D eigenvalue weighted by Crippen LogP contribution is 2.51. The van der Waals surface area contributed by atoms with E-state index in [9.17, 15) is 19.2 Å². The minimum atomic E-state index is -0.705. The van der Waals surface area contributed by atoms with E-state index in [1.165, 1.54) is 14.2 Å². The summed E-state index contributed by atoms with van der Waals surface area (Å²) in [6.45, 7) is 7.81. The summed E-state index contributed by atoms with van der Waals surface area (Å²) in [5, 5.41) is 7.80. The van der Waals surface area contributed by atoms with Gasteiger partial charge in [-0.15, -0.1) is 0 Å². The third-order valence-corrected chi connectivity index (χ3v) is 14.9. The third-order valence-electron chi connectivity index (χ3n) is 14.9. The van der Waals surface area contributed by atoms with Crippen LogP contribution in [0.4, 0.5) is 9.59 Å². The van der Waals surface area contributed by atoms with Crippen molar-refractivity contribution in [3.63, 3.8) is 0 Å². The Morgan fingerprint density at radius 3 is 1.72 bits per heavy atom. The molecule has 3 aromatic carbocycles. The summed E-state index contributed by atoms with van der Waals surface area (Å²) in [4.78, 5) is 73.4. The Kier molecular flexibility index (Phi) is 12.6. The lowest BCUT2D eigenvalue weighted by Crippen LogP contribution is -2.53. The Hall–Kier alpha value is -6.46. The van der Waals surface area contributed by atoms with Crippen molar-refractivity contribution in [1.29, 1.82) is 0 Å². The van der Waals surface area contributed by atoms with Gasteiger partial charge in [0.2, 0.25) is 11.8 Å². The molecular formula is C51H60N8O9. The molecule has 0 aliphatic carbocycles. The average molecular weight is 929 g/mol. The van der Waals surface area contributed by atoms with Crippen molar-refractivity contribution in [1.82, 2.24) is 40.4 Å². The zero-order valence-corrected chi connectivity index (χ0v) is 39.1. The fraction of sp³-hybridized carbons (Fsp3) is 0.490. The lowest BCUT2D eigenvalue weighted by molar-refractivity contribution is -0.137. The van der Waals surface area contributed by atoms with Gasteiger partial charge in [-0.05, 0) is 92.2 Å². The van der Waals surface area contributed by atoms with E-state index in [4.69, 9.17) is 33.7 Å². The molecular weight excluding hydrogens is 869 g/mol. The van der Waals surface area contributed by atoms with Crippen LogP contribution < -0.4 is 15.4 Å². The van der Waals surface area contributed by atoms with Crippen molar-refractivity contribution in [3.05, 3.63) is 83.7 Å². The quantitative estimate of drug-likeness (QED) is 0.107. The van der Waals surface area contributed by atoms with E-state index in [2.05, 4.69) is 76.9 Å². The molecule has 5 aliphatic heterocycles. The molecule has 4 amide bonds. The zero-order chi connectivity index (χ0) is 47.1. The Morgan fingerprint density at radius 2 is 1.19 bits per heavy atom. The molecule has 4 saturated heterocycles. The molecule has 0 radical (unpaired) electrons. The maximum Gasteiger partial charge on any atom is 0.407 e. The number of hydrogen-bond donors (Lipinski definition) is 4. The number of ether oxygens (including phenoxy) is 5. The minimum Gasteiger partial charge on any atom is -0.457 e. The molecule has 0 spiro atoms. The van der Waals surface area contributed by atoms with Crippen molar-refractivity contribution in [2.24, 2.45) is 11.8 Å². The number of aromatic nitrogens is 4. The van der Waals surface area contributed by atoms with Crippen molar-refractivity contribution in [3.8, 4) is 34.0 Å². The number of fused-ring (bicyclic) bond motifs is 4. The summed E-state index contributed by atoms with van der Waals surface area (Å²) in [5.74, 6) is 2.65. The molecule has 0 saturated carbocycles. The number of amides is 4. The second-order valence-corrected chi connectivity index (χ2v) is 19.2. The van der Waals surface area contributed by atoms with Crippen LogP contribution in [0.25, 0.3) is 33.3 Å². The van der Waals surface area contributed by atoms with Gasteiger partial charge in [-0.2, -0.15) is 0 Å². The predicted molar refractivity (Wildman–Crippen MR) is 251 cm³/mol. The average Bonchev–Trinajstić information content (AvgIpc) is 4.22. The Morgan fingerprint density at radius 1 is 0.676 bits per heavy atom. The van der Waals surface area contributed by atoms with E-state index < -0.39 is 29.7 Å². The van der Waals surface area contributed by atoms with Crippen LogP contribution in [-0.4, -0.2) is 120 Å². The molecule has 2 aromatic heterocycles. The van der Waals surface area contributed by atoms with Gasteiger partial charge in [-0.25, -0.2) is 19.6 Å². The van der Waals surface area contributed by atoms with E-state index in [1.54, 1.807) is 0 Å². The highest BCUT2D eigenvalue weighted by atomic mass is 16.5. The summed E-state index contributed by atoms with van der Waals surface area (Å²) in [5.41, 5.74) is 5.31. The molecule has 10 rings (SSSR count). The van der Waals surface area contributed by atoms with Crippen molar-refractivity contribution >= 4 is 34.8 Å². The van der Waals surface area contributed by atoms with Crippen LogP contribution in [-0.2, 0) is 34.0 Å². The summed E-state index contributed by atoms with van der Waals surface area (Å²) in [6.07, 6.45) is 8.32. The predicted octanol–water partition coefficient (Wildman–Crippen LogP) is 7.68. The number of hydrogen-bond acceptors (Lipinski definition) is 11. The van der Waals surface area contributed by atoms with E-state index >= 15 is 0 Å². The number of carbonyl (C=O) groups is 4. The summed E-state index contributed by atoms with van der Waals surface area (Å²) in [7, 11) is 2.62. The molecule has 5 aromatic rings. The highest BCUT2D eigenvalue weighted by Gasteiger charge is 2.42. The van der Waals surface area contributed by atoms with Gasteiger partial charge < -0.3 is 54.1 Å². The largest absolute Gasteiger partial charge is 0.457 e. The normalized spacial score (nSPS) is 21.4. The van der Waals surface area contributed by atoms with Gasteiger partial charge in [0.25, 0.3) is 0 Å². The van der Waals surface area contributed by atoms with Crippen molar-refractivity contribution in [2.75, 3.05) is 53.7 Å². The van der Waals surface area contributed by atoms with E-state index in [1.807, 2.05) is 28.3 Å². The fourth-order valence-corrected chi connectivity index (χ4v) is 11.3. The second kappa shape index (κ2) is 18.9. The Balaban J connectivity index is 0.857. The number of nitrogens with zero attached hydrogens (tertiary/aromatic N) is 4. The lowest BCUT2D eigenvalue weighted by Gasteiger charge is -2.35. The first-order valence-corrected chi connectivity index (χ1v) is 24.0.